The van der Waals surface area contributed by atoms with E-state index in [1.165, 1.54) is 25.6 Å². The molecule has 0 aliphatic rings. The molecule has 0 atom stereocenters. The number of nitrogens with zero attached hydrogens (tertiary/aromatic N) is 3. The second-order valence-electron chi connectivity index (χ2n) is 4.02. The van der Waals surface area contributed by atoms with Crippen LogP contribution in [-0.2, 0) is 27.9 Å². The van der Waals surface area contributed by atoms with E-state index in [0.29, 0.717) is 12.4 Å². The van der Waals surface area contributed by atoms with Gasteiger partial charge in [-0.15, -0.1) is 0 Å². The first-order valence-corrected chi connectivity index (χ1v) is 7.62. The Morgan fingerprint density at radius 2 is 2.29 bits per heavy atom. The number of aryl methyl sites for hydroxylation is 1. The number of aromatic amines is 1. The monoisotopic (exact) mass is 313 g/mol. The van der Waals surface area contributed by atoms with Crippen LogP contribution < -0.4 is 4.72 Å². The molecule has 2 N–H and O–H groups in total. The Bertz CT molecular complexity index is 733. The maximum Gasteiger partial charge on any atom is 0.355 e. The van der Waals surface area contributed by atoms with Crippen LogP contribution in [0.5, 0.6) is 0 Å². The predicted molar refractivity (Wildman–Crippen MR) is 71.9 cm³/mol. The number of ether oxygens (including phenoxy) is 1. The van der Waals surface area contributed by atoms with Crippen molar-refractivity contribution in [1.29, 1.82) is 0 Å². The number of carbonyl (C=O) groups is 1. The van der Waals surface area contributed by atoms with E-state index in [1.54, 1.807) is 4.68 Å². The minimum atomic E-state index is -3.60. The van der Waals surface area contributed by atoms with Crippen LogP contribution in [0.4, 0.5) is 0 Å². The average Bonchev–Trinajstić information content (AvgIpc) is 3.13. The Morgan fingerprint density at radius 1 is 1.52 bits per heavy atom. The third kappa shape index (κ3) is 3.28. The van der Waals surface area contributed by atoms with E-state index in [0.717, 1.165) is 0 Å². The lowest BCUT2D eigenvalue weighted by Gasteiger charge is -2.04. The Hall–Kier alpha value is -2.20. The Balaban J connectivity index is 2.05. The molecule has 114 valence electrons. The van der Waals surface area contributed by atoms with Crippen molar-refractivity contribution in [1.82, 2.24) is 24.5 Å². The van der Waals surface area contributed by atoms with Gasteiger partial charge in [-0.2, -0.15) is 5.10 Å². The Morgan fingerprint density at radius 3 is 2.95 bits per heavy atom. The highest BCUT2D eigenvalue weighted by molar-refractivity contribution is 7.89. The third-order valence-electron chi connectivity index (χ3n) is 2.78. The van der Waals surface area contributed by atoms with E-state index >= 15 is 0 Å². The van der Waals surface area contributed by atoms with Gasteiger partial charge in [0.05, 0.1) is 0 Å². The molecule has 2 heterocycles. The second kappa shape index (κ2) is 6.06. The highest BCUT2D eigenvalue weighted by Gasteiger charge is 2.18. The van der Waals surface area contributed by atoms with Crippen molar-refractivity contribution in [3.05, 3.63) is 30.1 Å². The van der Waals surface area contributed by atoms with Gasteiger partial charge >= 0.3 is 5.97 Å². The summed E-state index contributed by atoms with van der Waals surface area (Å²) >= 11 is 0. The van der Waals surface area contributed by atoms with Crippen LogP contribution in [0.15, 0.2) is 23.5 Å². The van der Waals surface area contributed by atoms with Crippen LogP contribution in [0, 0.1) is 0 Å². The Kier molecular flexibility index (Phi) is 4.38. The molecule has 2 aromatic rings. The summed E-state index contributed by atoms with van der Waals surface area (Å²) in [5.74, 6) is -0.154. The van der Waals surface area contributed by atoms with Crippen LogP contribution in [0.2, 0.25) is 0 Å². The maximum absolute atomic E-state index is 11.8. The number of carbonyl (C=O) groups excluding carboxylic acids is 1. The van der Waals surface area contributed by atoms with E-state index in [2.05, 4.69) is 19.8 Å². The van der Waals surface area contributed by atoms with Crippen molar-refractivity contribution >= 4 is 16.0 Å². The van der Waals surface area contributed by atoms with Gasteiger partial charge in [-0.3, -0.25) is 0 Å². The highest BCUT2D eigenvalue weighted by Crippen LogP contribution is 2.11. The fourth-order valence-corrected chi connectivity index (χ4v) is 2.36. The number of nitrogens with one attached hydrogen (secondary N) is 2. The lowest BCUT2D eigenvalue weighted by molar-refractivity contribution is 0.0450. The van der Waals surface area contributed by atoms with Gasteiger partial charge in [-0.1, -0.05) is 0 Å². The summed E-state index contributed by atoms with van der Waals surface area (Å²) in [6.45, 7) is 2.46. The van der Waals surface area contributed by atoms with Crippen LogP contribution >= 0.6 is 0 Å². The van der Waals surface area contributed by atoms with Gasteiger partial charge in [0.1, 0.15) is 16.9 Å². The number of hydrogen-bond acceptors (Lipinski definition) is 6. The largest absolute Gasteiger partial charge is 0.453 e. The predicted octanol–water partition coefficient (Wildman–Crippen LogP) is -0.109. The summed E-state index contributed by atoms with van der Waals surface area (Å²) in [6, 6.07) is 1.21. The van der Waals surface area contributed by atoms with Gasteiger partial charge in [-0.25, -0.2) is 27.6 Å². The fraction of sp³-hybridized carbons (Fsp3) is 0.364. The maximum atomic E-state index is 11.8. The van der Waals surface area contributed by atoms with E-state index < -0.39 is 16.0 Å². The molecule has 0 fully saturated rings. The average molecular weight is 313 g/mol. The molecular weight excluding hydrogens is 298 g/mol. The zero-order valence-electron chi connectivity index (χ0n) is 11.5. The molecule has 0 unspecified atom stereocenters. The molecule has 0 spiro atoms. The van der Waals surface area contributed by atoms with E-state index in [-0.39, 0.29) is 17.2 Å². The molecule has 0 aromatic carbocycles. The molecule has 0 radical (unpaired) electrons. The molecule has 0 aliphatic heterocycles. The van der Waals surface area contributed by atoms with Gasteiger partial charge in [0.25, 0.3) is 0 Å². The molecule has 0 saturated heterocycles. The molecule has 0 amide bonds. The van der Waals surface area contributed by atoms with Gasteiger partial charge in [-0.05, 0) is 20.0 Å². The van der Waals surface area contributed by atoms with Gasteiger partial charge in [0.15, 0.2) is 12.4 Å². The summed E-state index contributed by atoms with van der Waals surface area (Å²) in [7, 11) is -2.31. The van der Waals surface area contributed by atoms with Crippen molar-refractivity contribution in [2.45, 2.75) is 25.0 Å². The molecule has 0 aliphatic carbocycles. The first-order chi connectivity index (χ1) is 9.97. The first-order valence-electron chi connectivity index (χ1n) is 6.13. The normalized spacial score (nSPS) is 11.5. The topological polar surface area (TPSA) is 119 Å². The number of rotatable bonds is 6. The highest BCUT2D eigenvalue weighted by atomic mass is 32.2. The third-order valence-corrected chi connectivity index (χ3v) is 4.18. The zero-order valence-corrected chi connectivity index (χ0v) is 12.3. The SMILES string of the molecule is CCn1ncnc1COC(=O)c1cc(S(=O)(=O)NC)c[nH]1. The molecule has 2 aromatic heterocycles. The molecule has 9 nitrogen and oxygen atoms in total. The standard InChI is InChI=1S/C11H15N5O4S/c1-3-16-10(14-7-15-16)6-20-11(17)9-4-8(5-13-9)21(18,19)12-2/h4-5,7,12-13H,3,6H2,1-2H3. The molecular formula is C11H15N5O4S. The molecule has 10 heteroatoms. The van der Waals surface area contributed by atoms with Crippen molar-refractivity contribution in [3.63, 3.8) is 0 Å². The minimum Gasteiger partial charge on any atom is -0.453 e. The van der Waals surface area contributed by atoms with Crippen LogP contribution in [0.25, 0.3) is 0 Å². The quantitative estimate of drug-likeness (QED) is 0.718. The smallest absolute Gasteiger partial charge is 0.355 e. The minimum absolute atomic E-state index is 0.0336. The lowest BCUT2D eigenvalue weighted by atomic mass is 10.4. The van der Waals surface area contributed by atoms with Crippen molar-refractivity contribution in [2.75, 3.05) is 7.05 Å². The summed E-state index contributed by atoms with van der Waals surface area (Å²) in [6.07, 6.45) is 2.59. The van der Waals surface area contributed by atoms with Crippen LogP contribution in [-0.4, -0.2) is 41.2 Å². The first kappa shape index (κ1) is 15.2. The molecule has 2 rings (SSSR count). The van der Waals surface area contributed by atoms with Gasteiger partial charge in [0, 0.05) is 12.7 Å². The number of hydrogen-bond donors (Lipinski definition) is 2. The van der Waals surface area contributed by atoms with E-state index in [9.17, 15) is 13.2 Å². The van der Waals surface area contributed by atoms with Gasteiger partial charge < -0.3 is 9.72 Å². The number of sulfonamides is 1. The lowest BCUT2D eigenvalue weighted by Crippen LogP contribution is -2.17. The van der Waals surface area contributed by atoms with Crippen LogP contribution in [0.1, 0.15) is 23.2 Å². The number of aromatic nitrogens is 4. The fourth-order valence-electron chi connectivity index (χ4n) is 1.64. The van der Waals surface area contributed by atoms with Crippen molar-refractivity contribution in [3.8, 4) is 0 Å². The summed E-state index contributed by atoms with van der Waals surface area (Å²) in [5, 5.41) is 3.95. The summed E-state index contributed by atoms with van der Waals surface area (Å²) < 4.78 is 31.9. The summed E-state index contributed by atoms with van der Waals surface area (Å²) in [5.41, 5.74) is 0.0476. The second-order valence-corrected chi connectivity index (χ2v) is 5.91. The summed E-state index contributed by atoms with van der Waals surface area (Å²) in [4.78, 5) is 18.3. The molecule has 21 heavy (non-hydrogen) atoms. The molecule has 0 saturated carbocycles. The van der Waals surface area contributed by atoms with Crippen LogP contribution in [0.3, 0.4) is 0 Å². The van der Waals surface area contributed by atoms with E-state index in [4.69, 9.17) is 4.74 Å². The number of esters is 1. The number of H-pyrrole nitrogens is 1. The Labute approximate surface area is 121 Å². The van der Waals surface area contributed by atoms with Gasteiger partial charge in [0.2, 0.25) is 10.0 Å². The van der Waals surface area contributed by atoms with Crippen molar-refractivity contribution < 1.29 is 17.9 Å². The molecule has 0 bridgehead atoms. The zero-order chi connectivity index (χ0) is 15.5. The van der Waals surface area contributed by atoms with E-state index in [1.807, 2.05) is 6.92 Å². The van der Waals surface area contributed by atoms with Crippen molar-refractivity contribution in [2.24, 2.45) is 0 Å².